The van der Waals surface area contributed by atoms with E-state index in [-0.39, 0.29) is 11.7 Å². The number of hydrogen-bond acceptors (Lipinski definition) is 5. The first kappa shape index (κ1) is 22.1. The van der Waals surface area contributed by atoms with Crippen molar-refractivity contribution >= 4 is 62.5 Å². The summed E-state index contributed by atoms with van der Waals surface area (Å²) in [6.45, 7) is 1.05. The highest BCUT2D eigenvalue weighted by molar-refractivity contribution is 9.10. The molecule has 0 bridgehead atoms. The fourth-order valence-corrected chi connectivity index (χ4v) is 4.11. The van der Waals surface area contributed by atoms with Crippen LogP contribution in [0.25, 0.3) is 11.4 Å². The predicted octanol–water partition coefficient (Wildman–Crippen LogP) is 5.39. The van der Waals surface area contributed by atoms with Crippen LogP contribution < -0.4 is 5.32 Å². The van der Waals surface area contributed by atoms with Gasteiger partial charge in [-0.2, -0.15) is 0 Å². The number of carbonyl (C=O) groups excluding carboxylic acids is 1. The normalized spacial score (nSPS) is 10.9. The fourth-order valence-electron chi connectivity index (χ4n) is 2.50. The monoisotopic (exact) mass is 514 g/mol. The van der Waals surface area contributed by atoms with Crippen LogP contribution in [0.4, 0.5) is 5.69 Å². The zero-order valence-electron chi connectivity index (χ0n) is 15.4. The number of ether oxygens (including phenoxy) is 1. The molecule has 6 nitrogen and oxygen atoms in total. The molecule has 10 heteroatoms. The number of nitrogens with one attached hydrogen (secondary N) is 1. The van der Waals surface area contributed by atoms with Crippen LogP contribution in [0.1, 0.15) is 0 Å². The summed E-state index contributed by atoms with van der Waals surface area (Å²) in [5, 5.41) is 13.1. The van der Waals surface area contributed by atoms with Crippen LogP contribution in [0.15, 0.2) is 52.1 Å². The van der Waals surface area contributed by atoms with E-state index in [1.807, 2.05) is 22.8 Å². The molecule has 152 valence electrons. The van der Waals surface area contributed by atoms with Gasteiger partial charge in [-0.15, -0.1) is 10.2 Å². The average Bonchev–Trinajstić information content (AvgIpc) is 3.10. The molecule has 0 atom stereocenters. The van der Waals surface area contributed by atoms with Gasteiger partial charge in [-0.25, -0.2) is 0 Å². The number of amides is 1. The minimum Gasteiger partial charge on any atom is -0.383 e. The Morgan fingerprint density at radius 2 is 1.97 bits per heavy atom. The molecule has 0 saturated carbocycles. The van der Waals surface area contributed by atoms with Gasteiger partial charge in [0.25, 0.3) is 0 Å². The number of nitrogens with zero attached hydrogens (tertiary/aromatic N) is 3. The number of hydrogen-bond donors (Lipinski definition) is 1. The Bertz CT molecular complexity index is 998. The molecule has 1 amide bonds. The van der Waals surface area contributed by atoms with Crippen LogP contribution in [0, 0.1) is 0 Å². The van der Waals surface area contributed by atoms with E-state index in [9.17, 15) is 4.79 Å². The Balaban J connectivity index is 1.72. The van der Waals surface area contributed by atoms with Gasteiger partial charge < -0.3 is 10.1 Å². The van der Waals surface area contributed by atoms with Gasteiger partial charge in [0.1, 0.15) is 0 Å². The average molecular weight is 516 g/mol. The summed E-state index contributed by atoms with van der Waals surface area (Å²) < 4.78 is 7.97. The minimum absolute atomic E-state index is 0.165. The van der Waals surface area contributed by atoms with Crippen molar-refractivity contribution in [1.82, 2.24) is 14.8 Å². The number of methoxy groups -OCH3 is 1. The van der Waals surface area contributed by atoms with Crippen molar-refractivity contribution in [3.63, 3.8) is 0 Å². The van der Waals surface area contributed by atoms with E-state index in [4.69, 9.17) is 27.9 Å². The number of benzene rings is 2. The van der Waals surface area contributed by atoms with Crippen LogP contribution in [0.5, 0.6) is 0 Å². The second-order valence-corrected chi connectivity index (χ2v) is 8.62. The zero-order chi connectivity index (χ0) is 20.8. The molecule has 0 aliphatic heterocycles. The van der Waals surface area contributed by atoms with Crippen molar-refractivity contribution in [2.24, 2.45) is 0 Å². The molecule has 0 fully saturated rings. The number of rotatable bonds is 8. The topological polar surface area (TPSA) is 69.0 Å². The maximum absolute atomic E-state index is 12.4. The van der Waals surface area contributed by atoms with E-state index in [1.54, 1.807) is 31.4 Å². The van der Waals surface area contributed by atoms with Crippen LogP contribution in [0.3, 0.4) is 0 Å². The zero-order valence-corrected chi connectivity index (χ0v) is 19.3. The summed E-state index contributed by atoms with van der Waals surface area (Å²) in [7, 11) is 1.63. The first-order valence-electron chi connectivity index (χ1n) is 8.53. The van der Waals surface area contributed by atoms with Crippen molar-refractivity contribution in [1.29, 1.82) is 0 Å². The van der Waals surface area contributed by atoms with Gasteiger partial charge >= 0.3 is 0 Å². The van der Waals surface area contributed by atoms with Crippen molar-refractivity contribution in [3.05, 3.63) is 57.0 Å². The molecular formula is C19H17BrCl2N4O2S. The van der Waals surface area contributed by atoms with Gasteiger partial charge in [0.15, 0.2) is 11.0 Å². The second-order valence-electron chi connectivity index (χ2n) is 5.92. The van der Waals surface area contributed by atoms with E-state index in [0.29, 0.717) is 39.9 Å². The van der Waals surface area contributed by atoms with Crippen molar-refractivity contribution in [2.75, 3.05) is 24.8 Å². The summed E-state index contributed by atoms with van der Waals surface area (Å²) in [6, 6.07) is 12.6. The first-order valence-corrected chi connectivity index (χ1v) is 11.1. The molecule has 29 heavy (non-hydrogen) atoms. The molecule has 0 saturated heterocycles. The lowest BCUT2D eigenvalue weighted by Crippen LogP contribution is -2.15. The fraction of sp³-hybridized carbons (Fsp3) is 0.211. The van der Waals surface area contributed by atoms with E-state index in [1.165, 1.54) is 11.8 Å². The van der Waals surface area contributed by atoms with Crippen LogP contribution >= 0.6 is 50.9 Å². The molecule has 0 aliphatic rings. The SMILES string of the molecule is COCCn1c(SCC(=O)Nc2ccc(Br)cc2Cl)nnc1-c1ccc(Cl)cc1. The molecule has 0 radical (unpaired) electrons. The van der Waals surface area contributed by atoms with Gasteiger partial charge in [0.05, 0.1) is 29.6 Å². The summed E-state index contributed by atoms with van der Waals surface area (Å²) >= 11 is 16.8. The molecule has 1 aromatic heterocycles. The van der Waals surface area contributed by atoms with Crippen molar-refractivity contribution in [3.8, 4) is 11.4 Å². The largest absolute Gasteiger partial charge is 0.383 e. The maximum Gasteiger partial charge on any atom is 0.234 e. The maximum atomic E-state index is 12.4. The van der Waals surface area contributed by atoms with Gasteiger partial charge in [-0.05, 0) is 42.5 Å². The Kier molecular flexibility index (Phi) is 7.97. The van der Waals surface area contributed by atoms with Crippen LogP contribution in [0.2, 0.25) is 10.0 Å². The predicted molar refractivity (Wildman–Crippen MR) is 121 cm³/mol. The molecule has 1 heterocycles. The number of thioether (sulfide) groups is 1. The molecule has 3 aromatic rings. The van der Waals surface area contributed by atoms with Crippen molar-refractivity contribution < 1.29 is 9.53 Å². The Hall–Kier alpha value is -1.58. The van der Waals surface area contributed by atoms with Crippen molar-refractivity contribution in [2.45, 2.75) is 11.7 Å². The molecular weight excluding hydrogens is 499 g/mol. The third kappa shape index (κ3) is 5.96. The third-order valence-corrected chi connectivity index (χ3v) is 5.90. The molecule has 2 aromatic carbocycles. The highest BCUT2D eigenvalue weighted by Crippen LogP contribution is 2.27. The number of halogens is 3. The van der Waals surface area contributed by atoms with Crippen LogP contribution in [-0.4, -0.2) is 40.1 Å². The Labute approximate surface area is 191 Å². The number of carbonyl (C=O) groups is 1. The Morgan fingerprint density at radius 3 is 2.66 bits per heavy atom. The first-order chi connectivity index (χ1) is 14.0. The van der Waals surface area contributed by atoms with E-state index >= 15 is 0 Å². The lowest BCUT2D eigenvalue weighted by atomic mass is 10.2. The summed E-state index contributed by atoms with van der Waals surface area (Å²) in [6.07, 6.45) is 0. The highest BCUT2D eigenvalue weighted by Gasteiger charge is 2.16. The van der Waals surface area contributed by atoms with E-state index in [2.05, 4.69) is 31.4 Å². The minimum atomic E-state index is -0.187. The van der Waals surface area contributed by atoms with Gasteiger partial charge in [-0.1, -0.05) is 50.9 Å². The highest BCUT2D eigenvalue weighted by atomic mass is 79.9. The summed E-state index contributed by atoms with van der Waals surface area (Å²) in [4.78, 5) is 12.4. The van der Waals surface area contributed by atoms with Crippen LogP contribution in [-0.2, 0) is 16.1 Å². The molecule has 0 spiro atoms. The summed E-state index contributed by atoms with van der Waals surface area (Å²) in [5.74, 6) is 0.670. The summed E-state index contributed by atoms with van der Waals surface area (Å²) in [5.41, 5.74) is 1.44. The quantitative estimate of drug-likeness (QED) is 0.407. The van der Waals surface area contributed by atoms with E-state index < -0.39 is 0 Å². The molecule has 3 rings (SSSR count). The lowest BCUT2D eigenvalue weighted by molar-refractivity contribution is -0.113. The smallest absolute Gasteiger partial charge is 0.234 e. The molecule has 0 aliphatic carbocycles. The van der Waals surface area contributed by atoms with Gasteiger partial charge in [0.2, 0.25) is 5.91 Å². The second kappa shape index (κ2) is 10.4. The number of anilines is 1. The number of aromatic nitrogens is 3. The molecule has 1 N–H and O–H groups in total. The van der Waals surface area contributed by atoms with Gasteiger partial charge in [0, 0.05) is 22.2 Å². The molecule has 0 unspecified atom stereocenters. The van der Waals surface area contributed by atoms with E-state index in [0.717, 1.165) is 10.0 Å². The Morgan fingerprint density at radius 1 is 1.21 bits per heavy atom. The third-order valence-electron chi connectivity index (χ3n) is 3.88. The lowest BCUT2D eigenvalue weighted by Gasteiger charge is -2.10. The van der Waals surface area contributed by atoms with Gasteiger partial charge in [-0.3, -0.25) is 9.36 Å². The standard InChI is InChI=1S/C19H17BrCl2N4O2S/c1-28-9-8-26-18(12-2-5-14(21)6-3-12)24-25-19(26)29-11-17(27)23-16-7-4-13(20)10-15(16)22/h2-7,10H,8-9,11H2,1H3,(H,23,27).